The van der Waals surface area contributed by atoms with Crippen molar-refractivity contribution in [2.45, 2.75) is 25.6 Å². The van der Waals surface area contributed by atoms with Crippen LogP contribution >= 0.6 is 27.7 Å². The number of benzene rings is 1. The van der Waals surface area contributed by atoms with Crippen molar-refractivity contribution >= 4 is 33.6 Å². The first-order valence-electron chi connectivity index (χ1n) is 6.85. The van der Waals surface area contributed by atoms with Gasteiger partial charge in [0.1, 0.15) is 5.75 Å². The van der Waals surface area contributed by atoms with Gasteiger partial charge in [-0.15, -0.1) is 0 Å². The zero-order chi connectivity index (χ0) is 15.9. The molecule has 122 valence electrons. The molecule has 1 aromatic carbocycles. The number of carbonyl (C=O) groups excluding carboxylic acids is 1. The van der Waals surface area contributed by atoms with Crippen LogP contribution in [0.1, 0.15) is 12.0 Å². The maximum Gasteiger partial charge on any atom is 0.387 e. The lowest BCUT2D eigenvalue weighted by atomic mass is 10.2. The van der Waals surface area contributed by atoms with Gasteiger partial charge in [-0.05, 0) is 18.2 Å². The Balaban J connectivity index is 1.89. The quantitative estimate of drug-likeness (QED) is 0.778. The molecule has 0 spiro atoms. The number of nitrogens with one attached hydrogen (secondary N) is 2. The Hall–Kier alpha value is -0.860. The first-order valence-corrected chi connectivity index (χ1v) is 8.80. The first kappa shape index (κ1) is 17.5. The standard InChI is InChI=1S/C14H17BrF2N2O2S/c15-10-1-2-12(21-14(16)17)9(5-10)7-19-13(20)6-11-8-22-4-3-18-11/h1-2,5,11,14,18H,3-4,6-8H2,(H,19,20). The van der Waals surface area contributed by atoms with Gasteiger partial charge in [-0.3, -0.25) is 4.79 Å². The van der Waals surface area contributed by atoms with Gasteiger partial charge >= 0.3 is 6.61 Å². The van der Waals surface area contributed by atoms with E-state index in [1.54, 1.807) is 12.1 Å². The van der Waals surface area contributed by atoms with E-state index >= 15 is 0 Å². The van der Waals surface area contributed by atoms with Gasteiger partial charge in [0.15, 0.2) is 0 Å². The van der Waals surface area contributed by atoms with E-state index in [0.717, 1.165) is 22.5 Å². The fraction of sp³-hybridized carbons (Fsp3) is 0.500. The molecule has 4 nitrogen and oxygen atoms in total. The summed E-state index contributed by atoms with van der Waals surface area (Å²) in [6.45, 7) is -1.83. The molecule has 2 N–H and O–H groups in total. The maximum absolute atomic E-state index is 12.4. The van der Waals surface area contributed by atoms with Crippen LogP contribution in [0.15, 0.2) is 22.7 Å². The predicted octanol–water partition coefficient (Wildman–Crippen LogP) is 2.76. The number of rotatable bonds is 6. The summed E-state index contributed by atoms with van der Waals surface area (Å²) >= 11 is 5.10. The minimum atomic E-state index is -2.89. The highest BCUT2D eigenvalue weighted by atomic mass is 79.9. The molecule has 1 unspecified atom stereocenters. The molecule has 0 aromatic heterocycles. The zero-order valence-corrected chi connectivity index (χ0v) is 14.2. The van der Waals surface area contributed by atoms with Gasteiger partial charge in [-0.1, -0.05) is 15.9 Å². The van der Waals surface area contributed by atoms with Crippen molar-refractivity contribution < 1.29 is 18.3 Å². The second-order valence-electron chi connectivity index (χ2n) is 4.84. The largest absolute Gasteiger partial charge is 0.434 e. The summed E-state index contributed by atoms with van der Waals surface area (Å²) < 4.78 is 30.0. The Morgan fingerprint density at radius 1 is 1.55 bits per heavy atom. The van der Waals surface area contributed by atoms with Crippen LogP contribution in [0.25, 0.3) is 0 Å². The molecule has 0 bridgehead atoms. The third kappa shape index (κ3) is 5.73. The van der Waals surface area contributed by atoms with Crippen LogP contribution in [-0.4, -0.2) is 36.6 Å². The fourth-order valence-corrected chi connectivity index (χ4v) is 3.50. The van der Waals surface area contributed by atoms with E-state index in [2.05, 4.69) is 31.3 Å². The number of hydrogen-bond donors (Lipinski definition) is 2. The van der Waals surface area contributed by atoms with Crippen LogP contribution < -0.4 is 15.4 Å². The van der Waals surface area contributed by atoms with Gasteiger partial charge in [0, 0.05) is 47.1 Å². The highest BCUT2D eigenvalue weighted by Gasteiger charge is 2.17. The van der Waals surface area contributed by atoms with E-state index in [1.165, 1.54) is 6.07 Å². The van der Waals surface area contributed by atoms with E-state index in [9.17, 15) is 13.6 Å². The Kier molecular flexibility index (Phi) is 6.91. The van der Waals surface area contributed by atoms with E-state index in [-0.39, 0.29) is 24.2 Å². The number of thioether (sulfide) groups is 1. The molecule has 1 heterocycles. The Labute approximate surface area is 140 Å². The number of ether oxygens (including phenoxy) is 1. The lowest BCUT2D eigenvalue weighted by Crippen LogP contribution is -2.41. The van der Waals surface area contributed by atoms with Gasteiger partial charge in [0.25, 0.3) is 0 Å². The van der Waals surface area contributed by atoms with Crippen molar-refractivity contribution in [3.63, 3.8) is 0 Å². The van der Waals surface area contributed by atoms with Gasteiger partial charge < -0.3 is 15.4 Å². The zero-order valence-electron chi connectivity index (χ0n) is 11.8. The van der Waals surface area contributed by atoms with Gasteiger partial charge in [-0.25, -0.2) is 0 Å². The van der Waals surface area contributed by atoms with Gasteiger partial charge in [0.2, 0.25) is 5.91 Å². The van der Waals surface area contributed by atoms with Gasteiger partial charge in [-0.2, -0.15) is 20.5 Å². The highest BCUT2D eigenvalue weighted by molar-refractivity contribution is 9.10. The van der Waals surface area contributed by atoms with Crippen molar-refractivity contribution in [1.82, 2.24) is 10.6 Å². The SMILES string of the molecule is O=C(CC1CSCCN1)NCc1cc(Br)ccc1OC(F)F. The van der Waals surface area contributed by atoms with Crippen molar-refractivity contribution in [2.24, 2.45) is 0 Å². The second-order valence-corrected chi connectivity index (χ2v) is 6.90. The molecule has 1 aromatic rings. The van der Waals surface area contributed by atoms with Crippen LogP contribution in [0.5, 0.6) is 5.75 Å². The smallest absolute Gasteiger partial charge is 0.387 e. The molecule has 0 aliphatic carbocycles. The summed E-state index contributed by atoms with van der Waals surface area (Å²) in [4.78, 5) is 11.9. The number of halogens is 3. The Morgan fingerprint density at radius 2 is 2.36 bits per heavy atom. The van der Waals surface area contributed by atoms with Crippen LogP contribution in [0.3, 0.4) is 0 Å². The van der Waals surface area contributed by atoms with E-state index in [1.807, 2.05) is 11.8 Å². The summed E-state index contributed by atoms with van der Waals surface area (Å²) in [7, 11) is 0. The summed E-state index contributed by atoms with van der Waals surface area (Å²) in [6, 6.07) is 4.90. The van der Waals surface area contributed by atoms with Crippen molar-refractivity contribution in [3.05, 3.63) is 28.2 Å². The number of alkyl halides is 2. The Bertz CT molecular complexity index is 514. The molecule has 22 heavy (non-hydrogen) atoms. The van der Waals surface area contributed by atoms with E-state index < -0.39 is 6.61 Å². The summed E-state index contributed by atoms with van der Waals surface area (Å²) in [5, 5.41) is 6.03. The normalized spacial score (nSPS) is 18.3. The van der Waals surface area contributed by atoms with Crippen LogP contribution in [-0.2, 0) is 11.3 Å². The molecular formula is C14H17BrF2N2O2S. The first-order chi connectivity index (χ1) is 10.5. The topological polar surface area (TPSA) is 50.4 Å². The molecule has 1 amide bonds. The molecule has 0 radical (unpaired) electrons. The summed E-state index contributed by atoms with van der Waals surface area (Å²) in [5.74, 6) is 1.93. The number of amides is 1. The van der Waals surface area contributed by atoms with Crippen LogP contribution in [0.4, 0.5) is 8.78 Å². The molecule has 1 aliphatic rings. The van der Waals surface area contributed by atoms with E-state index in [0.29, 0.717) is 12.0 Å². The average molecular weight is 395 g/mol. The fourth-order valence-electron chi connectivity index (χ4n) is 2.14. The van der Waals surface area contributed by atoms with Crippen LogP contribution in [0.2, 0.25) is 0 Å². The molecule has 1 fully saturated rings. The lowest BCUT2D eigenvalue weighted by Gasteiger charge is -2.22. The monoisotopic (exact) mass is 394 g/mol. The molecular weight excluding hydrogens is 378 g/mol. The van der Waals surface area contributed by atoms with Gasteiger partial charge in [0.05, 0.1) is 0 Å². The average Bonchev–Trinajstić information content (AvgIpc) is 2.48. The maximum atomic E-state index is 12.4. The second kappa shape index (κ2) is 8.69. The lowest BCUT2D eigenvalue weighted by molar-refractivity contribution is -0.121. The van der Waals surface area contributed by atoms with Crippen molar-refractivity contribution in [2.75, 3.05) is 18.1 Å². The van der Waals surface area contributed by atoms with E-state index in [4.69, 9.17) is 0 Å². The summed E-state index contributed by atoms with van der Waals surface area (Å²) in [5.41, 5.74) is 0.508. The minimum Gasteiger partial charge on any atom is -0.434 e. The van der Waals surface area contributed by atoms with Crippen molar-refractivity contribution in [3.8, 4) is 5.75 Å². The highest BCUT2D eigenvalue weighted by Crippen LogP contribution is 2.24. The third-order valence-electron chi connectivity index (χ3n) is 3.14. The number of hydrogen-bond acceptors (Lipinski definition) is 4. The van der Waals surface area contributed by atoms with Crippen LogP contribution in [0, 0.1) is 0 Å². The molecule has 1 aliphatic heterocycles. The third-order valence-corrected chi connectivity index (χ3v) is 4.77. The summed E-state index contributed by atoms with van der Waals surface area (Å²) in [6.07, 6.45) is 0.381. The molecule has 8 heteroatoms. The molecule has 2 rings (SSSR count). The molecule has 0 saturated carbocycles. The van der Waals surface area contributed by atoms with Crippen molar-refractivity contribution in [1.29, 1.82) is 0 Å². The predicted molar refractivity (Wildman–Crippen MR) is 86.4 cm³/mol. The number of carbonyl (C=O) groups is 1. The molecule has 1 saturated heterocycles. The molecule has 1 atom stereocenters. The minimum absolute atomic E-state index is 0.0739. The Morgan fingerprint density at radius 3 is 3.05 bits per heavy atom.